The lowest BCUT2D eigenvalue weighted by atomic mass is 9.71. The fourth-order valence-corrected chi connectivity index (χ4v) is 4.34. The molecule has 2 fully saturated rings. The number of hydrogen-bond acceptors (Lipinski definition) is 5. The summed E-state index contributed by atoms with van der Waals surface area (Å²) in [6, 6.07) is 3.99. The molecule has 25 heavy (non-hydrogen) atoms. The third-order valence-electron chi connectivity index (χ3n) is 5.83. The molecule has 2 aliphatic heterocycles. The predicted octanol–water partition coefficient (Wildman–Crippen LogP) is 1.42. The van der Waals surface area contributed by atoms with Gasteiger partial charge in [-0.3, -0.25) is 14.8 Å². The molecule has 0 aromatic carbocycles. The highest BCUT2D eigenvalue weighted by Gasteiger charge is 2.47. The van der Waals surface area contributed by atoms with E-state index in [0.29, 0.717) is 6.54 Å². The first kappa shape index (κ1) is 16.5. The molecule has 1 unspecified atom stereocenters. The summed E-state index contributed by atoms with van der Waals surface area (Å²) < 4.78 is 5.57. The number of nitrogens with one attached hydrogen (secondary N) is 1. The van der Waals surface area contributed by atoms with Crippen molar-refractivity contribution in [3.05, 3.63) is 24.0 Å². The molecule has 2 saturated heterocycles. The number of carbonyl (C=O) groups excluding carboxylic acids is 1. The van der Waals surface area contributed by atoms with Gasteiger partial charge >= 0.3 is 0 Å². The molecule has 7 heteroatoms. The molecule has 0 bridgehead atoms. The van der Waals surface area contributed by atoms with E-state index >= 15 is 0 Å². The number of aromatic amines is 1. The van der Waals surface area contributed by atoms with Crippen molar-refractivity contribution in [3.8, 4) is 0 Å². The molecule has 4 rings (SSSR count). The number of carbonyl (C=O) groups is 1. The van der Waals surface area contributed by atoms with E-state index < -0.39 is 0 Å². The zero-order chi connectivity index (χ0) is 17.4. The van der Waals surface area contributed by atoms with E-state index in [1.165, 1.54) is 0 Å². The second-order valence-corrected chi connectivity index (χ2v) is 7.38. The summed E-state index contributed by atoms with van der Waals surface area (Å²) >= 11 is 0. The van der Waals surface area contributed by atoms with Crippen molar-refractivity contribution < 1.29 is 9.53 Å². The van der Waals surface area contributed by atoms with Crippen molar-refractivity contribution in [1.82, 2.24) is 25.0 Å². The van der Waals surface area contributed by atoms with E-state index in [0.717, 1.165) is 55.6 Å². The molecule has 2 aromatic heterocycles. The minimum absolute atomic E-state index is 0.150. The summed E-state index contributed by atoms with van der Waals surface area (Å²) in [5.74, 6) is 0.289. The second kappa shape index (κ2) is 6.38. The van der Waals surface area contributed by atoms with Gasteiger partial charge in [-0.2, -0.15) is 5.10 Å². The highest BCUT2D eigenvalue weighted by molar-refractivity contribution is 5.83. The monoisotopic (exact) mass is 343 g/mol. The molecule has 1 spiro atoms. The topological polar surface area (TPSA) is 74.3 Å². The van der Waals surface area contributed by atoms with Crippen LogP contribution in [0, 0.1) is 5.41 Å². The van der Waals surface area contributed by atoms with Gasteiger partial charge in [0.05, 0.1) is 17.2 Å². The van der Waals surface area contributed by atoms with Crippen LogP contribution in [-0.2, 0) is 16.1 Å². The number of H-pyrrole nitrogens is 1. The molecular formula is C18H25N5O2. The Labute approximate surface area is 147 Å². The van der Waals surface area contributed by atoms with E-state index in [1.807, 2.05) is 18.0 Å². The number of fused-ring (bicyclic) bond motifs is 1. The maximum atomic E-state index is 12.8. The van der Waals surface area contributed by atoms with Gasteiger partial charge in [0.1, 0.15) is 0 Å². The first-order valence-corrected chi connectivity index (χ1v) is 8.90. The Balaban J connectivity index is 1.45. The molecular weight excluding hydrogens is 318 g/mol. The molecule has 7 nitrogen and oxygen atoms in total. The summed E-state index contributed by atoms with van der Waals surface area (Å²) in [4.78, 5) is 21.3. The smallest absolute Gasteiger partial charge is 0.228 e. The summed E-state index contributed by atoms with van der Waals surface area (Å²) in [7, 11) is 3.64. The van der Waals surface area contributed by atoms with Gasteiger partial charge in [0.2, 0.25) is 5.91 Å². The van der Waals surface area contributed by atoms with E-state index in [9.17, 15) is 4.79 Å². The molecule has 0 radical (unpaired) electrons. The maximum Gasteiger partial charge on any atom is 0.228 e. The second-order valence-electron chi connectivity index (χ2n) is 7.38. The number of aromatic nitrogens is 3. The molecule has 4 heterocycles. The number of pyridine rings is 1. The fourth-order valence-electron chi connectivity index (χ4n) is 4.34. The predicted molar refractivity (Wildman–Crippen MR) is 93.9 cm³/mol. The van der Waals surface area contributed by atoms with Gasteiger partial charge in [-0.15, -0.1) is 0 Å². The molecule has 1 atom stereocenters. The number of likely N-dealkylation sites (N-methyl/N-ethyl adjacent to an activating group) is 1. The Hall–Kier alpha value is -1.99. The minimum atomic E-state index is -0.248. The van der Waals surface area contributed by atoms with Gasteiger partial charge in [-0.1, -0.05) is 0 Å². The van der Waals surface area contributed by atoms with Crippen LogP contribution in [0.1, 0.15) is 25.0 Å². The van der Waals surface area contributed by atoms with Crippen LogP contribution in [-0.4, -0.2) is 70.8 Å². The van der Waals surface area contributed by atoms with Crippen molar-refractivity contribution in [2.75, 3.05) is 33.8 Å². The molecule has 134 valence electrons. The fraction of sp³-hybridized carbons (Fsp3) is 0.611. The summed E-state index contributed by atoms with van der Waals surface area (Å²) in [6.07, 6.45) is 4.53. The maximum absolute atomic E-state index is 12.8. The molecule has 1 amide bonds. The van der Waals surface area contributed by atoms with Crippen LogP contribution in [0.15, 0.2) is 18.3 Å². The Bertz CT molecular complexity index is 766. The van der Waals surface area contributed by atoms with E-state index in [-0.39, 0.29) is 17.4 Å². The lowest BCUT2D eigenvalue weighted by Crippen LogP contribution is -2.56. The van der Waals surface area contributed by atoms with Crippen molar-refractivity contribution in [2.24, 2.45) is 5.41 Å². The van der Waals surface area contributed by atoms with Gasteiger partial charge in [0, 0.05) is 38.8 Å². The van der Waals surface area contributed by atoms with Gasteiger partial charge in [-0.05, 0) is 44.5 Å². The lowest BCUT2D eigenvalue weighted by molar-refractivity contribution is -0.156. The van der Waals surface area contributed by atoms with Crippen LogP contribution in [0.25, 0.3) is 11.0 Å². The Morgan fingerprint density at radius 3 is 2.96 bits per heavy atom. The standard InChI is InChI=1S/C18H25N5O2/c1-22-11-13(25-2)10-18(17(22)24)5-8-23(9-6-18)12-15-14-4-3-7-19-16(14)21-20-15/h3-4,7,13H,5-6,8-12H2,1-2H3,(H,19,20,21). The quantitative estimate of drug-likeness (QED) is 0.912. The number of methoxy groups -OCH3 is 1. The van der Waals surface area contributed by atoms with Crippen molar-refractivity contribution >= 4 is 16.9 Å². The average Bonchev–Trinajstić information content (AvgIpc) is 3.04. The van der Waals surface area contributed by atoms with Crippen LogP contribution in [0.5, 0.6) is 0 Å². The first-order valence-electron chi connectivity index (χ1n) is 8.90. The third kappa shape index (κ3) is 2.91. The van der Waals surface area contributed by atoms with E-state index in [4.69, 9.17) is 4.74 Å². The van der Waals surface area contributed by atoms with Gasteiger partial charge in [-0.25, -0.2) is 4.98 Å². The Morgan fingerprint density at radius 1 is 1.40 bits per heavy atom. The number of nitrogens with zero attached hydrogens (tertiary/aromatic N) is 4. The van der Waals surface area contributed by atoms with Crippen LogP contribution >= 0.6 is 0 Å². The van der Waals surface area contributed by atoms with Crippen LogP contribution in [0.2, 0.25) is 0 Å². The SMILES string of the molecule is COC1CN(C)C(=O)C2(CCN(Cc3[nH]nc4ncccc34)CC2)C1. The number of rotatable bonds is 3. The van der Waals surface area contributed by atoms with Gasteiger partial charge in [0.25, 0.3) is 0 Å². The van der Waals surface area contributed by atoms with Crippen LogP contribution in [0.3, 0.4) is 0 Å². The Kier molecular flexibility index (Phi) is 4.21. The number of ether oxygens (including phenoxy) is 1. The average molecular weight is 343 g/mol. The van der Waals surface area contributed by atoms with Crippen LogP contribution < -0.4 is 0 Å². The summed E-state index contributed by atoms with van der Waals surface area (Å²) in [6.45, 7) is 3.34. The summed E-state index contributed by atoms with van der Waals surface area (Å²) in [5.41, 5.74) is 1.61. The zero-order valence-electron chi connectivity index (χ0n) is 14.9. The summed E-state index contributed by atoms with van der Waals surface area (Å²) in [5, 5.41) is 8.46. The lowest BCUT2D eigenvalue weighted by Gasteiger charge is -2.47. The zero-order valence-corrected chi connectivity index (χ0v) is 14.9. The molecule has 1 N–H and O–H groups in total. The van der Waals surface area contributed by atoms with E-state index in [2.05, 4.69) is 26.1 Å². The number of likely N-dealkylation sites (tertiary alicyclic amines) is 2. The number of hydrogen-bond donors (Lipinski definition) is 1. The molecule has 0 aliphatic carbocycles. The van der Waals surface area contributed by atoms with Gasteiger partial charge < -0.3 is 9.64 Å². The highest BCUT2D eigenvalue weighted by atomic mass is 16.5. The van der Waals surface area contributed by atoms with Crippen molar-refractivity contribution in [2.45, 2.75) is 31.9 Å². The molecule has 2 aromatic rings. The van der Waals surface area contributed by atoms with Crippen molar-refractivity contribution in [1.29, 1.82) is 0 Å². The van der Waals surface area contributed by atoms with E-state index in [1.54, 1.807) is 13.3 Å². The largest absolute Gasteiger partial charge is 0.380 e. The normalized spacial score (nSPS) is 24.3. The first-order chi connectivity index (χ1) is 12.1. The molecule has 2 aliphatic rings. The Morgan fingerprint density at radius 2 is 2.20 bits per heavy atom. The minimum Gasteiger partial charge on any atom is -0.380 e. The number of piperidine rings is 2. The third-order valence-corrected chi connectivity index (χ3v) is 5.83. The molecule has 0 saturated carbocycles. The van der Waals surface area contributed by atoms with Gasteiger partial charge in [0.15, 0.2) is 5.65 Å². The van der Waals surface area contributed by atoms with Crippen LogP contribution in [0.4, 0.5) is 0 Å². The number of amides is 1. The highest BCUT2D eigenvalue weighted by Crippen LogP contribution is 2.41. The van der Waals surface area contributed by atoms with Crippen molar-refractivity contribution in [3.63, 3.8) is 0 Å².